The van der Waals surface area contributed by atoms with Gasteiger partial charge in [0.25, 0.3) is 0 Å². The van der Waals surface area contributed by atoms with Crippen molar-refractivity contribution in [3.05, 3.63) is 96.8 Å². The van der Waals surface area contributed by atoms with Crippen molar-refractivity contribution < 1.29 is 22.3 Å². The molecular weight excluding hydrogens is 567 g/mol. The van der Waals surface area contributed by atoms with E-state index in [2.05, 4.69) is 21.5 Å². The SMILES string of the molecule is C=CCCN(C(=O)NC1CCN(Cc2ccc(Oc3ccc(NS(C)(=O)=O)cc3)cc2)CC1)c1ccc(F)cc1.Cl. The summed E-state index contributed by atoms with van der Waals surface area (Å²) < 4.78 is 44.4. The fraction of sp³-hybridized carbons (Fsp3) is 0.300. The van der Waals surface area contributed by atoms with Crippen LogP contribution in [-0.4, -0.2) is 51.3 Å². The predicted octanol–water partition coefficient (Wildman–Crippen LogP) is 6.17. The average Bonchev–Trinajstić information content (AvgIpc) is 2.92. The molecule has 41 heavy (non-hydrogen) atoms. The molecular formula is C30H36ClFN4O4S. The van der Waals surface area contributed by atoms with Gasteiger partial charge in [0.15, 0.2) is 0 Å². The van der Waals surface area contributed by atoms with Crippen molar-refractivity contribution in [2.45, 2.75) is 31.8 Å². The van der Waals surface area contributed by atoms with Gasteiger partial charge in [-0.05, 0) is 85.5 Å². The van der Waals surface area contributed by atoms with E-state index in [9.17, 15) is 17.6 Å². The Morgan fingerprint density at radius 3 is 2.17 bits per heavy atom. The van der Waals surface area contributed by atoms with Gasteiger partial charge in [0.05, 0.1) is 6.26 Å². The Labute approximate surface area is 247 Å². The summed E-state index contributed by atoms with van der Waals surface area (Å²) in [5.41, 5.74) is 2.30. The van der Waals surface area contributed by atoms with E-state index in [1.165, 1.54) is 12.1 Å². The molecule has 1 aliphatic rings. The minimum Gasteiger partial charge on any atom is -0.457 e. The van der Waals surface area contributed by atoms with Crippen molar-refractivity contribution in [2.24, 2.45) is 0 Å². The van der Waals surface area contributed by atoms with Gasteiger partial charge in [-0.1, -0.05) is 18.2 Å². The second-order valence-electron chi connectivity index (χ2n) is 9.85. The lowest BCUT2D eigenvalue weighted by molar-refractivity contribution is 0.188. The maximum Gasteiger partial charge on any atom is 0.322 e. The van der Waals surface area contributed by atoms with E-state index in [-0.39, 0.29) is 30.3 Å². The van der Waals surface area contributed by atoms with Crippen LogP contribution >= 0.6 is 12.4 Å². The van der Waals surface area contributed by atoms with E-state index in [1.807, 2.05) is 24.3 Å². The minimum absolute atomic E-state index is 0. The molecule has 2 N–H and O–H groups in total. The van der Waals surface area contributed by atoms with Crippen LogP contribution in [0.1, 0.15) is 24.8 Å². The van der Waals surface area contributed by atoms with Gasteiger partial charge in [0.1, 0.15) is 17.3 Å². The highest BCUT2D eigenvalue weighted by Crippen LogP contribution is 2.25. The molecule has 0 atom stereocenters. The zero-order valence-electron chi connectivity index (χ0n) is 23.0. The summed E-state index contributed by atoms with van der Waals surface area (Å²) in [6, 6.07) is 20.5. The van der Waals surface area contributed by atoms with Crippen LogP contribution in [0.2, 0.25) is 0 Å². The lowest BCUT2D eigenvalue weighted by Gasteiger charge is -2.34. The van der Waals surface area contributed by atoms with E-state index in [0.717, 1.165) is 44.3 Å². The van der Waals surface area contributed by atoms with Gasteiger partial charge in [-0.3, -0.25) is 14.5 Å². The monoisotopic (exact) mass is 602 g/mol. The largest absolute Gasteiger partial charge is 0.457 e. The summed E-state index contributed by atoms with van der Waals surface area (Å²) in [5, 5.41) is 3.15. The molecule has 1 fully saturated rings. The van der Waals surface area contributed by atoms with E-state index >= 15 is 0 Å². The van der Waals surface area contributed by atoms with E-state index in [4.69, 9.17) is 4.74 Å². The van der Waals surface area contributed by atoms with Crippen LogP contribution in [0, 0.1) is 5.82 Å². The highest BCUT2D eigenvalue weighted by atomic mass is 35.5. The third-order valence-electron chi connectivity index (χ3n) is 6.58. The molecule has 0 unspecified atom stereocenters. The maximum atomic E-state index is 13.4. The van der Waals surface area contributed by atoms with E-state index in [0.29, 0.717) is 35.8 Å². The lowest BCUT2D eigenvalue weighted by Crippen LogP contribution is -2.49. The molecule has 1 heterocycles. The number of hydrogen-bond donors (Lipinski definition) is 2. The van der Waals surface area contributed by atoms with Gasteiger partial charge in [-0.25, -0.2) is 17.6 Å². The van der Waals surface area contributed by atoms with Crippen molar-refractivity contribution in [1.29, 1.82) is 0 Å². The standard InChI is InChI=1S/C30H35FN4O4S.ClH/c1-3-4-19-35(27-11-7-24(31)8-12-27)30(36)32-25-17-20-34(21-18-25)22-23-5-13-28(14-6-23)39-29-15-9-26(10-16-29)33-40(2,37)38;/h3,5-16,25,33H,1,4,17-22H2,2H3,(H,32,36);1H. The number of benzene rings is 3. The number of sulfonamides is 1. The van der Waals surface area contributed by atoms with Crippen LogP contribution in [0.15, 0.2) is 85.5 Å². The molecule has 11 heteroatoms. The molecule has 0 spiro atoms. The fourth-order valence-electron chi connectivity index (χ4n) is 4.54. The number of carbonyl (C=O) groups is 1. The minimum atomic E-state index is -3.32. The smallest absolute Gasteiger partial charge is 0.322 e. The second kappa shape index (κ2) is 14.9. The number of urea groups is 1. The molecule has 1 aliphatic heterocycles. The van der Waals surface area contributed by atoms with Crippen molar-refractivity contribution in [2.75, 3.05) is 35.5 Å². The first-order chi connectivity index (χ1) is 19.2. The van der Waals surface area contributed by atoms with Gasteiger partial charge >= 0.3 is 6.03 Å². The van der Waals surface area contributed by atoms with Crippen LogP contribution in [0.4, 0.5) is 20.6 Å². The molecule has 3 aromatic rings. The van der Waals surface area contributed by atoms with Gasteiger partial charge < -0.3 is 10.1 Å². The first-order valence-electron chi connectivity index (χ1n) is 13.2. The second-order valence-corrected chi connectivity index (χ2v) is 11.6. The number of amides is 2. The first kappa shape index (κ1) is 31.9. The van der Waals surface area contributed by atoms with Crippen LogP contribution in [0.5, 0.6) is 11.5 Å². The van der Waals surface area contributed by atoms with Crippen LogP contribution in [-0.2, 0) is 16.6 Å². The molecule has 0 bridgehead atoms. The summed E-state index contributed by atoms with van der Waals surface area (Å²) in [6.45, 7) is 6.74. The zero-order valence-corrected chi connectivity index (χ0v) is 24.6. The molecule has 1 saturated heterocycles. The highest BCUT2D eigenvalue weighted by Gasteiger charge is 2.23. The van der Waals surface area contributed by atoms with Gasteiger partial charge in [0, 0.05) is 43.6 Å². The Kier molecular flexibility index (Phi) is 11.6. The number of halogens is 2. The number of piperidine rings is 1. The number of ether oxygens (including phenoxy) is 1. The maximum absolute atomic E-state index is 13.4. The molecule has 0 saturated carbocycles. The van der Waals surface area contributed by atoms with Gasteiger partial charge in [0.2, 0.25) is 10.0 Å². The van der Waals surface area contributed by atoms with Crippen molar-refractivity contribution in [3.8, 4) is 11.5 Å². The Morgan fingerprint density at radius 2 is 1.61 bits per heavy atom. The molecule has 2 amide bonds. The van der Waals surface area contributed by atoms with Gasteiger partial charge in [-0.15, -0.1) is 19.0 Å². The Bertz CT molecular complexity index is 1380. The number of carbonyl (C=O) groups excluding carboxylic acids is 1. The summed E-state index contributed by atoms with van der Waals surface area (Å²) in [5.74, 6) is 0.966. The number of nitrogens with one attached hydrogen (secondary N) is 2. The lowest BCUT2D eigenvalue weighted by atomic mass is 10.0. The van der Waals surface area contributed by atoms with Gasteiger partial charge in [-0.2, -0.15) is 0 Å². The van der Waals surface area contributed by atoms with Crippen LogP contribution in [0.3, 0.4) is 0 Å². The average molecular weight is 603 g/mol. The summed E-state index contributed by atoms with van der Waals surface area (Å²) in [6.07, 6.45) is 5.20. The quantitative estimate of drug-likeness (QED) is 0.256. The van der Waals surface area contributed by atoms with Crippen LogP contribution in [0.25, 0.3) is 0 Å². The summed E-state index contributed by atoms with van der Waals surface area (Å²) in [4.78, 5) is 17.0. The fourth-order valence-corrected chi connectivity index (χ4v) is 5.10. The van der Waals surface area contributed by atoms with E-state index < -0.39 is 10.0 Å². The van der Waals surface area contributed by atoms with E-state index in [1.54, 1.807) is 47.4 Å². The predicted molar refractivity (Wildman–Crippen MR) is 164 cm³/mol. The Hall–Kier alpha value is -3.60. The molecule has 0 aliphatic carbocycles. The Morgan fingerprint density at radius 1 is 1.02 bits per heavy atom. The molecule has 8 nitrogen and oxygen atoms in total. The van der Waals surface area contributed by atoms with Crippen molar-refractivity contribution in [1.82, 2.24) is 10.2 Å². The number of anilines is 2. The van der Waals surface area contributed by atoms with Crippen molar-refractivity contribution in [3.63, 3.8) is 0 Å². The zero-order chi connectivity index (χ0) is 28.5. The molecule has 4 rings (SSSR count). The number of likely N-dealkylation sites (tertiary alicyclic amines) is 1. The first-order valence-corrected chi connectivity index (χ1v) is 15.1. The number of nitrogens with zero attached hydrogens (tertiary/aromatic N) is 2. The summed E-state index contributed by atoms with van der Waals surface area (Å²) in [7, 11) is -3.32. The normalized spacial score (nSPS) is 14.0. The van der Waals surface area contributed by atoms with Crippen LogP contribution < -0.4 is 19.7 Å². The topological polar surface area (TPSA) is 91.0 Å². The number of hydrogen-bond acceptors (Lipinski definition) is 5. The molecule has 0 radical (unpaired) electrons. The molecule has 0 aromatic heterocycles. The third kappa shape index (κ3) is 10.1. The van der Waals surface area contributed by atoms with Crippen molar-refractivity contribution >= 4 is 39.8 Å². The molecule has 220 valence electrons. The summed E-state index contributed by atoms with van der Waals surface area (Å²) >= 11 is 0. The third-order valence-corrected chi connectivity index (χ3v) is 7.18. The number of rotatable bonds is 11. The molecule has 3 aromatic carbocycles. The highest BCUT2D eigenvalue weighted by molar-refractivity contribution is 7.92. The Balaban J connectivity index is 0.00000462.